The first-order chi connectivity index (χ1) is 12.1. The van der Waals surface area contributed by atoms with Crippen molar-refractivity contribution >= 4 is 17.5 Å². The zero-order valence-electron chi connectivity index (χ0n) is 13.9. The molecule has 1 saturated heterocycles. The van der Waals surface area contributed by atoms with Crippen LogP contribution in [0.4, 0.5) is 4.39 Å². The molecule has 1 aliphatic heterocycles. The zero-order chi connectivity index (χ0) is 17.6. The minimum absolute atomic E-state index is 0.0354. The summed E-state index contributed by atoms with van der Waals surface area (Å²) >= 11 is 6.11. The number of pyridine rings is 1. The molecular formula is C19H21ClFN3O. The van der Waals surface area contributed by atoms with E-state index < -0.39 is 0 Å². The second-order valence-corrected chi connectivity index (χ2v) is 6.76. The fourth-order valence-corrected chi connectivity index (χ4v) is 3.38. The molecule has 1 amide bonds. The Morgan fingerprint density at radius 1 is 1.36 bits per heavy atom. The van der Waals surface area contributed by atoms with Gasteiger partial charge in [-0.3, -0.25) is 14.7 Å². The molecule has 0 saturated carbocycles. The standard InChI is InChI=1S/C19H21ClFN3O/c20-17-6-1-7-18(21)16(17)13-24-9-3-5-15(12-24)19(25)23-11-14-4-2-8-22-10-14/h1-2,4,6-8,10,15H,3,5,9,11-13H2,(H,23,25). The normalized spacial score (nSPS) is 18.1. The summed E-state index contributed by atoms with van der Waals surface area (Å²) in [6, 6.07) is 8.50. The first-order valence-electron chi connectivity index (χ1n) is 8.45. The highest BCUT2D eigenvalue weighted by Gasteiger charge is 2.26. The average Bonchev–Trinajstić information content (AvgIpc) is 2.64. The number of piperidine rings is 1. The Balaban J connectivity index is 1.56. The van der Waals surface area contributed by atoms with Crippen molar-refractivity contribution in [3.05, 3.63) is 64.7 Å². The Morgan fingerprint density at radius 3 is 3.00 bits per heavy atom. The van der Waals surface area contributed by atoms with Gasteiger partial charge in [0.05, 0.1) is 5.92 Å². The molecular weight excluding hydrogens is 341 g/mol. The number of aromatic nitrogens is 1. The van der Waals surface area contributed by atoms with Crippen LogP contribution in [0.3, 0.4) is 0 Å². The van der Waals surface area contributed by atoms with Gasteiger partial charge in [-0.25, -0.2) is 4.39 Å². The third-order valence-electron chi connectivity index (χ3n) is 4.51. The van der Waals surface area contributed by atoms with Crippen LogP contribution in [0.15, 0.2) is 42.7 Å². The summed E-state index contributed by atoms with van der Waals surface area (Å²) < 4.78 is 14.0. The summed E-state index contributed by atoms with van der Waals surface area (Å²) in [7, 11) is 0. The van der Waals surface area contributed by atoms with E-state index in [-0.39, 0.29) is 17.6 Å². The Hall–Kier alpha value is -1.98. The molecule has 1 atom stereocenters. The number of likely N-dealkylation sites (tertiary alicyclic amines) is 1. The second-order valence-electron chi connectivity index (χ2n) is 6.35. The third kappa shape index (κ3) is 4.77. The number of hydrogen-bond donors (Lipinski definition) is 1. The molecule has 0 radical (unpaired) electrons. The van der Waals surface area contributed by atoms with Crippen LogP contribution in [-0.2, 0) is 17.9 Å². The fraction of sp³-hybridized carbons (Fsp3) is 0.368. The maximum Gasteiger partial charge on any atom is 0.224 e. The van der Waals surface area contributed by atoms with Crippen LogP contribution < -0.4 is 5.32 Å². The minimum atomic E-state index is -0.296. The number of nitrogens with one attached hydrogen (secondary N) is 1. The monoisotopic (exact) mass is 361 g/mol. The van der Waals surface area contributed by atoms with Crippen LogP contribution in [0.5, 0.6) is 0 Å². The predicted molar refractivity (Wildman–Crippen MR) is 95.5 cm³/mol. The van der Waals surface area contributed by atoms with Gasteiger partial charge >= 0.3 is 0 Å². The molecule has 1 aromatic carbocycles. The van der Waals surface area contributed by atoms with Crippen molar-refractivity contribution in [1.82, 2.24) is 15.2 Å². The highest BCUT2D eigenvalue weighted by Crippen LogP contribution is 2.24. The van der Waals surface area contributed by atoms with Crippen LogP contribution >= 0.6 is 11.6 Å². The molecule has 0 aliphatic carbocycles. The maximum atomic E-state index is 14.0. The van der Waals surface area contributed by atoms with Crippen molar-refractivity contribution < 1.29 is 9.18 Å². The topological polar surface area (TPSA) is 45.2 Å². The lowest BCUT2D eigenvalue weighted by molar-refractivity contribution is -0.126. The number of rotatable bonds is 5. The molecule has 1 fully saturated rings. The lowest BCUT2D eigenvalue weighted by atomic mass is 9.96. The molecule has 25 heavy (non-hydrogen) atoms. The molecule has 0 bridgehead atoms. The number of halogens is 2. The van der Waals surface area contributed by atoms with Gasteiger partial charge in [-0.15, -0.1) is 0 Å². The van der Waals surface area contributed by atoms with E-state index in [0.717, 1.165) is 24.9 Å². The quantitative estimate of drug-likeness (QED) is 0.887. The molecule has 3 rings (SSSR count). The van der Waals surface area contributed by atoms with Gasteiger partial charge in [0.2, 0.25) is 5.91 Å². The highest BCUT2D eigenvalue weighted by atomic mass is 35.5. The van der Waals surface area contributed by atoms with E-state index in [4.69, 9.17) is 11.6 Å². The van der Waals surface area contributed by atoms with Crippen LogP contribution in [-0.4, -0.2) is 28.9 Å². The van der Waals surface area contributed by atoms with Crippen molar-refractivity contribution in [2.24, 2.45) is 5.92 Å². The Morgan fingerprint density at radius 2 is 2.24 bits per heavy atom. The van der Waals surface area contributed by atoms with Gasteiger partial charge in [-0.1, -0.05) is 23.7 Å². The van der Waals surface area contributed by atoms with E-state index in [1.807, 2.05) is 12.1 Å². The summed E-state index contributed by atoms with van der Waals surface area (Å²) in [6.45, 7) is 2.36. The summed E-state index contributed by atoms with van der Waals surface area (Å²) in [5.74, 6) is -0.347. The molecule has 1 aliphatic rings. The van der Waals surface area contributed by atoms with Gasteiger partial charge in [0.15, 0.2) is 0 Å². The fourth-order valence-electron chi connectivity index (χ4n) is 3.16. The summed E-state index contributed by atoms with van der Waals surface area (Å²) in [5, 5.41) is 3.40. The number of hydrogen-bond acceptors (Lipinski definition) is 3. The predicted octanol–water partition coefficient (Wildman–Crippen LogP) is 3.40. The first kappa shape index (κ1) is 17.8. The molecule has 6 heteroatoms. The van der Waals surface area contributed by atoms with Crippen LogP contribution in [0.2, 0.25) is 5.02 Å². The summed E-state index contributed by atoms with van der Waals surface area (Å²) in [5.41, 5.74) is 1.47. The number of carbonyl (C=O) groups is 1. The SMILES string of the molecule is O=C(NCc1cccnc1)C1CCCN(Cc2c(F)cccc2Cl)C1. The van der Waals surface area contributed by atoms with Crippen LogP contribution in [0.25, 0.3) is 0 Å². The Labute approximate surface area is 152 Å². The second kappa shape index (κ2) is 8.41. The first-order valence-corrected chi connectivity index (χ1v) is 8.83. The molecule has 2 heterocycles. The van der Waals surface area contributed by atoms with Gasteiger partial charge in [0.25, 0.3) is 0 Å². The van der Waals surface area contributed by atoms with E-state index in [2.05, 4.69) is 15.2 Å². The number of benzene rings is 1. The van der Waals surface area contributed by atoms with E-state index in [1.165, 1.54) is 6.07 Å². The highest BCUT2D eigenvalue weighted by molar-refractivity contribution is 6.31. The summed E-state index contributed by atoms with van der Waals surface area (Å²) in [6.07, 6.45) is 5.21. The Kier molecular flexibility index (Phi) is 6.00. The van der Waals surface area contributed by atoms with Gasteiger partial charge < -0.3 is 5.32 Å². The molecule has 1 N–H and O–H groups in total. The number of nitrogens with zero attached hydrogens (tertiary/aromatic N) is 2. The van der Waals surface area contributed by atoms with Crippen LogP contribution in [0.1, 0.15) is 24.0 Å². The summed E-state index contributed by atoms with van der Waals surface area (Å²) in [4.78, 5) is 18.6. The molecule has 1 unspecified atom stereocenters. The van der Waals surface area contributed by atoms with E-state index in [9.17, 15) is 9.18 Å². The Bertz CT molecular complexity index is 706. The number of carbonyl (C=O) groups excluding carboxylic acids is 1. The lowest BCUT2D eigenvalue weighted by Crippen LogP contribution is -2.42. The number of amides is 1. The third-order valence-corrected chi connectivity index (χ3v) is 4.86. The molecule has 1 aromatic heterocycles. The molecule has 0 spiro atoms. The largest absolute Gasteiger partial charge is 0.352 e. The smallest absolute Gasteiger partial charge is 0.224 e. The van der Waals surface area contributed by atoms with Gasteiger partial charge in [0.1, 0.15) is 5.82 Å². The van der Waals surface area contributed by atoms with Crippen LogP contribution in [0, 0.1) is 11.7 Å². The van der Waals surface area contributed by atoms with E-state index in [1.54, 1.807) is 24.5 Å². The van der Waals surface area contributed by atoms with Gasteiger partial charge in [-0.2, -0.15) is 0 Å². The average molecular weight is 362 g/mol. The molecule has 132 valence electrons. The van der Waals surface area contributed by atoms with Gasteiger partial charge in [-0.05, 0) is 43.1 Å². The van der Waals surface area contributed by atoms with E-state index in [0.29, 0.717) is 30.2 Å². The zero-order valence-corrected chi connectivity index (χ0v) is 14.7. The minimum Gasteiger partial charge on any atom is -0.352 e. The van der Waals surface area contributed by atoms with Gasteiger partial charge in [0, 0.05) is 42.6 Å². The van der Waals surface area contributed by atoms with Crippen molar-refractivity contribution in [3.63, 3.8) is 0 Å². The lowest BCUT2D eigenvalue weighted by Gasteiger charge is -2.32. The molecule has 4 nitrogen and oxygen atoms in total. The van der Waals surface area contributed by atoms with Crippen molar-refractivity contribution in [2.75, 3.05) is 13.1 Å². The maximum absolute atomic E-state index is 14.0. The van der Waals surface area contributed by atoms with Crippen molar-refractivity contribution in [3.8, 4) is 0 Å². The van der Waals surface area contributed by atoms with Crippen molar-refractivity contribution in [1.29, 1.82) is 0 Å². The van der Waals surface area contributed by atoms with E-state index >= 15 is 0 Å². The molecule has 2 aromatic rings. The van der Waals surface area contributed by atoms with Crippen molar-refractivity contribution in [2.45, 2.75) is 25.9 Å².